The van der Waals surface area contributed by atoms with Crippen LogP contribution >= 0.6 is 0 Å². The Bertz CT molecular complexity index is 409. The van der Waals surface area contributed by atoms with Crippen LogP contribution in [0.5, 0.6) is 0 Å². The second-order valence-corrected chi connectivity index (χ2v) is 4.18. The largest absolute Gasteiger partial charge is 0.394 e. The molecule has 0 aliphatic carbocycles. The van der Waals surface area contributed by atoms with E-state index >= 15 is 0 Å². The highest BCUT2D eigenvalue weighted by Crippen LogP contribution is 2.21. The zero-order valence-corrected chi connectivity index (χ0v) is 9.63. The van der Waals surface area contributed by atoms with Crippen molar-refractivity contribution in [3.8, 4) is 0 Å². The van der Waals surface area contributed by atoms with Crippen LogP contribution in [0.3, 0.4) is 0 Å². The summed E-state index contributed by atoms with van der Waals surface area (Å²) in [5, 5.41) is 16.7. The fourth-order valence-electron chi connectivity index (χ4n) is 2.09. The Morgan fingerprint density at radius 1 is 1.59 bits per heavy atom. The van der Waals surface area contributed by atoms with Gasteiger partial charge in [-0.1, -0.05) is 0 Å². The van der Waals surface area contributed by atoms with Crippen LogP contribution in [0.4, 0.5) is 5.95 Å². The lowest BCUT2D eigenvalue weighted by molar-refractivity contribution is 0.239. The molecule has 1 fully saturated rings. The SMILES string of the molecule is N=C(N)c1ccnc(N2CCCCC2CO)n1. The molecule has 2 heterocycles. The van der Waals surface area contributed by atoms with Crippen LogP contribution in [0.1, 0.15) is 25.0 Å². The predicted octanol–water partition coefficient (Wildman–Crippen LogP) is 0.112. The summed E-state index contributed by atoms with van der Waals surface area (Å²) in [7, 11) is 0. The molecule has 0 amide bonds. The number of aliphatic hydroxyl groups excluding tert-OH is 1. The maximum Gasteiger partial charge on any atom is 0.226 e. The Morgan fingerprint density at radius 3 is 3.12 bits per heavy atom. The minimum Gasteiger partial charge on any atom is -0.394 e. The van der Waals surface area contributed by atoms with Gasteiger partial charge in [0.15, 0.2) is 0 Å². The number of nitrogens with one attached hydrogen (secondary N) is 1. The molecule has 1 aliphatic heterocycles. The number of nitrogens with zero attached hydrogens (tertiary/aromatic N) is 3. The van der Waals surface area contributed by atoms with E-state index in [4.69, 9.17) is 11.1 Å². The first-order valence-electron chi connectivity index (χ1n) is 5.77. The van der Waals surface area contributed by atoms with E-state index in [1.165, 1.54) is 0 Å². The van der Waals surface area contributed by atoms with Crippen molar-refractivity contribution in [2.75, 3.05) is 18.1 Å². The van der Waals surface area contributed by atoms with Crippen LogP contribution in [-0.4, -0.2) is 40.1 Å². The third-order valence-corrected chi connectivity index (χ3v) is 3.01. The van der Waals surface area contributed by atoms with Gasteiger partial charge in [0.05, 0.1) is 12.6 Å². The van der Waals surface area contributed by atoms with E-state index < -0.39 is 0 Å². The fraction of sp³-hybridized carbons (Fsp3) is 0.545. The molecule has 0 radical (unpaired) electrons. The van der Waals surface area contributed by atoms with E-state index in [1.807, 2.05) is 4.90 Å². The van der Waals surface area contributed by atoms with Crippen molar-refractivity contribution >= 4 is 11.8 Å². The minimum atomic E-state index is -0.0637. The number of nitrogen functional groups attached to an aromatic ring is 1. The first-order chi connectivity index (χ1) is 8.22. The average molecular weight is 235 g/mol. The molecular weight excluding hydrogens is 218 g/mol. The molecule has 1 aromatic rings. The third-order valence-electron chi connectivity index (χ3n) is 3.01. The number of nitrogens with two attached hydrogens (primary N) is 1. The molecule has 17 heavy (non-hydrogen) atoms. The molecule has 1 atom stereocenters. The lowest BCUT2D eigenvalue weighted by atomic mass is 10.0. The summed E-state index contributed by atoms with van der Waals surface area (Å²) < 4.78 is 0. The zero-order valence-electron chi connectivity index (χ0n) is 9.63. The number of aromatic nitrogens is 2. The van der Waals surface area contributed by atoms with Crippen molar-refractivity contribution in [1.82, 2.24) is 9.97 Å². The fourth-order valence-corrected chi connectivity index (χ4v) is 2.09. The van der Waals surface area contributed by atoms with E-state index in [1.54, 1.807) is 12.3 Å². The average Bonchev–Trinajstić information content (AvgIpc) is 2.39. The van der Waals surface area contributed by atoms with Crippen molar-refractivity contribution in [2.24, 2.45) is 5.73 Å². The Labute approximate surface area is 100.0 Å². The lowest BCUT2D eigenvalue weighted by Crippen LogP contribution is -2.43. The first-order valence-corrected chi connectivity index (χ1v) is 5.77. The van der Waals surface area contributed by atoms with Gasteiger partial charge in [-0.25, -0.2) is 9.97 Å². The Hall–Kier alpha value is -1.69. The molecule has 0 spiro atoms. The van der Waals surface area contributed by atoms with Gasteiger partial charge in [-0.2, -0.15) is 0 Å². The van der Waals surface area contributed by atoms with Crippen LogP contribution < -0.4 is 10.6 Å². The van der Waals surface area contributed by atoms with Crippen molar-refractivity contribution in [1.29, 1.82) is 5.41 Å². The van der Waals surface area contributed by atoms with E-state index in [9.17, 15) is 5.11 Å². The molecule has 1 unspecified atom stereocenters. The van der Waals surface area contributed by atoms with Gasteiger partial charge >= 0.3 is 0 Å². The highest BCUT2D eigenvalue weighted by molar-refractivity contribution is 5.93. The molecule has 2 rings (SSSR count). The van der Waals surface area contributed by atoms with Gasteiger partial charge in [0, 0.05) is 12.7 Å². The van der Waals surface area contributed by atoms with Crippen molar-refractivity contribution < 1.29 is 5.11 Å². The number of hydrogen-bond acceptors (Lipinski definition) is 5. The topological polar surface area (TPSA) is 99.1 Å². The Kier molecular flexibility index (Phi) is 3.53. The Morgan fingerprint density at radius 2 is 2.41 bits per heavy atom. The van der Waals surface area contributed by atoms with Gasteiger partial charge in [-0.15, -0.1) is 0 Å². The normalized spacial score (nSPS) is 20.3. The van der Waals surface area contributed by atoms with Crippen LogP contribution in [0.25, 0.3) is 0 Å². The molecule has 92 valence electrons. The maximum absolute atomic E-state index is 9.34. The summed E-state index contributed by atoms with van der Waals surface area (Å²) in [6.07, 6.45) is 4.74. The highest BCUT2D eigenvalue weighted by Gasteiger charge is 2.24. The van der Waals surface area contributed by atoms with Crippen LogP contribution in [0.2, 0.25) is 0 Å². The summed E-state index contributed by atoms with van der Waals surface area (Å²) in [4.78, 5) is 10.4. The minimum absolute atomic E-state index is 0.0637. The van der Waals surface area contributed by atoms with Crippen LogP contribution in [0.15, 0.2) is 12.3 Å². The van der Waals surface area contributed by atoms with E-state index in [2.05, 4.69) is 9.97 Å². The molecule has 0 saturated carbocycles. The second-order valence-electron chi connectivity index (χ2n) is 4.18. The van der Waals surface area contributed by atoms with Gasteiger partial charge in [0.2, 0.25) is 5.95 Å². The first kappa shape index (κ1) is 11.8. The standard InChI is InChI=1S/C11H17N5O/c12-10(13)9-4-5-14-11(15-9)16-6-2-1-3-8(16)7-17/h4-5,8,17H,1-3,6-7H2,(H3,12,13). The second kappa shape index (κ2) is 5.09. The van der Waals surface area contributed by atoms with Crippen LogP contribution in [-0.2, 0) is 0 Å². The molecule has 1 aromatic heterocycles. The number of anilines is 1. The molecule has 1 saturated heterocycles. The molecule has 1 aliphatic rings. The van der Waals surface area contributed by atoms with Gasteiger partial charge < -0.3 is 15.7 Å². The van der Waals surface area contributed by atoms with Gasteiger partial charge in [-0.05, 0) is 25.3 Å². The zero-order chi connectivity index (χ0) is 12.3. The number of amidine groups is 1. The summed E-state index contributed by atoms with van der Waals surface area (Å²) in [6.45, 7) is 0.945. The molecular formula is C11H17N5O. The molecule has 6 heteroatoms. The molecule has 0 aromatic carbocycles. The van der Waals surface area contributed by atoms with E-state index in [-0.39, 0.29) is 18.5 Å². The highest BCUT2D eigenvalue weighted by atomic mass is 16.3. The number of rotatable bonds is 3. The van der Waals surface area contributed by atoms with Crippen LogP contribution in [0, 0.1) is 5.41 Å². The smallest absolute Gasteiger partial charge is 0.226 e. The Balaban J connectivity index is 2.25. The number of hydrogen-bond donors (Lipinski definition) is 3. The monoisotopic (exact) mass is 235 g/mol. The molecule has 6 nitrogen and oxygen atoms in total. The summed E-state index contributed by atoms with van der Waals surface area (Å²) in [6, 6.07) is 1.69. The van der Waals surface area contributed by atoms with Gasteiger partial charge in [-0.3, -0.25) is 5.41 Å². The molecule has 0 bridgehead atoms. The van der Waals surface area contributed by atoms with Gasteiger partial charge in [0.1, 0.15) is 11.5 Å². The summed E-state index contributed by atoms with van der Waals surface area (Å²) >= 11 is 0. The summed E-state index contributed by atoms with van der Waals surface area (Å²) in [5.41, 5.74) is 5.83. The van der Waals surface area contributed by atoms with E-state index in [0.717, 1.165) is 25.8 Å². The lowest BCUT2D eigenvalue weighted by Gasteiger charge is -2.34. The van der Waals surface area contributed by atoms with Crippen molar-refractivity contribution in [2.45, 2.75) is 25.3 Å². The third kappa shape index (κ3) is 2.52. The van der Waals surface area contributed by atoms with E-state index in [0.29, 0.717) is 11.6 Å². The van der Waals surface area contributed by atoms with Gasteiger partial charge in [0.25, 0.3) is 0 Å². The maximum atomic E-state index is 9.34. The van der Waals surface area contributed by atoms with Crippen molar-refractivity contribution in [3.63, 3.8) is 0 Å². The predicted molar refractivity (Wildman–Crippen MR) is 65.1 cm³/mol. The quantitative estimate of drug-likeness (QED) is 0.510. The number of piperidine rings is 1. The molecule has 4 N–H and O–H groups in total. The summed E-state index contributed by atoms with van der Waals surface area (Å²) in [5.74, 6) is 0.489. The number of aliphatic hydroxyl groups is 1. The van der Waals surface area contributed by atoms with Crippen molar-refractivity contribution in [3.05, 3.63) is 18.0 Å².